The number of rotatable bonds is 3. The molecule has 2 aliphatic rings. The molecule has 0 aliphatic carbocycles. The highest BCUT2D eigenvalue weighted by atomic mass is 35.5. The van der Waals surface area contributed by atoms with Gasteiger partial charge in [0.2, 0.25) is 0 Å². The van der Waals surface area contributed by atoms with Crippen LogP contribution in [0.15, 0.2) is 0 Å². The zero-order valence-electron chi connectivity index (χ0n) is 10.4. The molecular weight excluding hydrogens is 240 g/mol. The third kappa shape index (κ3) is 3.12. The van der Waals surface area contributed by atoms with E-state index in [1.807, 2.05) is 4.90 Å². The minimum Gasteiger partial charge on any atom is -0.364 e. The van der Waals surface area contributed by atoms with Crippen LogP contribution in [0.4, 0.5) is 0 Å². The molecule has 1 unspecified atom stereocenters. The number of nitrogens with zero attached hydrogens (tertiary/aromatic N) is 1. The van der Waals surface area contributed by atoms with Crippen molar-refractivity contribution < 1.29 is 9.53 Å². The molecule has 0 spiro atoms. The van der Waals surface area contributed by atoms with Crippen LogP contribution in [0.3, 0.4) is 0 Å². The van der Waals surface area contributed by atoms with Crippen LogP contribution in [0.1, 0.15) is 39.0 Å². The van der Waals surface area contributed by atoms with Gasteiger partial charge in [0.1, 0.15) is 6.10 Å². The van der Waals surface area contributed by atoms with E-state index < -0.39 is 0 Å². The Labute approximate surface area is 109 Å². The SMILES string of the molecule is CCC1CCCN1C(=O)[C@@H]1CC[C@H](CN)O1.Cl. The molecule has 100 valence electrons. The lowest BCUT2D eigenvalue weighted by atomic mass is 10.1. The summed E-state index contributed by atoms with van der Waals surface area (Å²) in [5, 5.41) is 0. The predicted octanol–water partition coefficient (Wildman–Crippen LogP) is 1.32. The highest BCUT2D eigenvalue weighted by molar-refractivity contribution is 5.85. The lowest BCUT2D eigenvalue weighted by molar-refractivity contribution is -0.143. The van der Waals surface area contributed by atoms with E-state index in [2.05, 4.69) is 6.92 Å². The number of carbonyl (C=O) groups excluding carboxylic acids is 1. The molecular formula is C12H23ClN2O2. The fraction of sp³-hybridized carbons (Fsp3) is 0.917. The number of hydrogen-bond donors (Lipinski definition) is 1. The van der Waals surface area contributed by atoms with Gasteiger partial charge in [0, 0.05) is 19.1 Å². The van der Waals surface area contributed by atoms with Crippen molar-refractivity contribution in [1.82, 2.24) is 4.90 Å². The normalized spacial score (nSPS) is 32.6. The molecule has 0 radical (unpaired) electrons. The number of likely N-dealkylation sites (tertiary alicyclic amines) is 1. The molecule has 5 heteroatoms. The molecule has 2 saturated heterocycles. The summed E-state index contributed by atoms with van der Waals surface area (Å²) < 4.78 is 5.66. The van der Waals surface area contributed by atoms with Crippen molar-refractivity contribution in [2.75, 3.05) is 13.1 Å². The summed E-state index contributed by atoms with van der Waals surface area (Å²) in [7, 11) is 0. The first-order valence-electron chi connectivity index (χ1n) is 6.42. The van der Waals surface area contributed by atoms with Crippen LogP contribution < -0.4 is 5.73 Å². The molecule has 1 amide bonds. The van der Waals surface area contributed by atoms with Crippen molar-refractivity contribution in [3.05, 3.63) is 0 Å². The van der Waals surface area contributed by atoms with Gasteiger partial charge in [0.15, 0.2) is 0 Å². The summed E-state index contributed by atoms with van der Waals surface area (Å²) >= 11 is 0. The van der Waals surface area contributed by atoms with Crippen LogP contribution in [0.25, 0.3) is 0 Å². The first kappa shape index (κ1) is 14.7. The highest BCUT2D eigenvalue weighted by Gasteiger charge is 2.36. The topological polar surface area (TPSA) is 55.6 Å². The van der Waals surface area contributed by atoms with Gasteiger partial charge < -0.3 is 15.4 Å². The Morgan fingerprint density at radius 2 is 2.18 bits per heavy atom. The Hall–Kier alpha value is -0.320. The molecule has 3 atom stereocenters. The zero-order chi connectivity index (χ0) is 11.5. The van der Waals surface area contributed by atoms with Gasteiger partial charge in [-0.3, -0.25) is 4.79 Å². The molecule has 0 aromatic heterocycles. The molecule has 17 heavy (non-hydrogen) atoms. The van der Waals surface area contributed by atoms with E-state index in [0.717, 1.165) is 38.6 Å². The van der Waals surface area contributed by atoms with E-state index in [1.54, 1.807) is 0 Å². The first-order chi connectivity index (χ1) is 7.76. The molecule has 2 aliphatic heterocycles. The maximum absolute atomic E-state index is 12.2. The maximum Gasteiger partial charge on any atom is 0.251 e. The quantitative estimate of drug-likeness (QED) is 0.835. The third-order valence-electron chi connectivity index (χ3n) is 3.78. The Morgan fingerprint density at radius 3 is 2.76 bits per heavy atom. The zero-order valence-corrected chi connectivity index (χ0v) is 11.2. The van der Waals surface area contributed by atoms with E-state index in [-0.39, 0.29) is 30.5 Å². The number of ether oxygens (including phenoxy) is 1. The Balaban J connectivity index is 0.00000144. The van der Waals surface area contributed by atoms with Crippen LogP contribution in [0.5, 0.6) is 0 Å². The van der Waals surface area contributed by atoms with Gasteiger partial charge in [-0.2, -0.15) is 0 Å². The van der Waals surface area contributed by atoms with Gasteiger partial charge in [-0.25, -0.2) is 0 Å². The summed E-state index contributed by atoms with van der Waals surface area (Å²) in [5.41, 5.74) is 5.55. The Bertz CT molecular complexity index is 263. The summed E-state index contributed by atoms with van der Waals surface area (Å²) in [6.07, 6.45) is 4.98. The maximum atomic E-state index is 12.2. The standard InChI is InChI=1S/C12H22N2O2.ClH/c1-2-9-4-3-7-14(9)12(15)11-6-5-10(8-13)16-11;/h9-11H,2-8,13H2,1H3;1H/t9?,10-,11+;/m1./s1. The van der Waals surface area contributed by atoms with Crippen LogP contribution in [-0.2, 0) is 9.53 Å². The monoisotopic (exact) mass is 262 g/mol. The molecule has 4 nitrogen and oxygen atoms in total. The number of nitrogens with two attached hydrogens (primary N) is 1. The predicted molar refractivity (Wildman–Crippen MR) is 69.2 cm³/mol. The summed E-state index contributed by atoms with van der Waals surface area (Å²) in [6.45, 7) is 3.58. The second-order valence-electron chi connectivity index (χ2n) is 4.80. The van der Waals surface area contributed by atoms with Gasteiger partial charge >= 0.3 is 0 Å². The molecule has 2 fully saturated rings. The summed E-state index contributed by atoms with van der Waals surface area (Å²) in [5.74, 6) is 0.195. The van der Waals surface area contributed by atoms with E-state index >= 15 is 0 Å². The fourth-order valence-electron chi connectivity index (χ4n) is 2.80. The fourth-order valence-corrected chi connectivity index (χ4v) is 2.80. The van der Waals surface area contributed by atoms with Crippen molar-refractivity contribution >= 4 is 18.3 Å². The Kier molecular flexibility index (Phi) is 5.70. The van der Waals surface area contributed by atoms with Crippen LogP contribution in [-0.4, -0.2) is 42.1 Å². The second kappa shape index (κ2) is 6.57. The molecule has 0 bridgehead atoms. The molecule has 2 heterocycles. The van der Waals surface area contributed by atoms with Crippen LogP contribution >= 0.6 is 12.4 Å². The third-order valence-corrected chi connectivity index (χ3v) is 3.78. The van der Waals surface area contributed by atoms with Crippen LogP contribution in [0.2, 0.25) is 0 Å². The molecule has 0 saturated carbocycles. The van der Waals surface area contributed by atoms with E-state index in [0.29, 0.717) is 12.6 Å². The van der Waals surface area contributed by atoms with Crippen molar-refractivity contribution in [3.63, 3.8) is 0 Å². The second-order valence-corrected chi connectivity index (χ2v) is 4.80. The van der Waals surface area contributed by atoms with Crippen molar-refractivity contribution in [3.8, 4) is 0 Å². The number of carbonyl (C=O) groups is 1. The Morgan fingerprint density at radius 1 is 1.41 bits per heavy atom. The minimum atomic E-state index is -0.222. The van der Waals surface area contributed by atoms with E-state index in [9.17, 15) is 4.79 Å². The van der Waals surface area contributed by atoms with Crippen molar-refractivity contribution in [2.24, 2.45) is 5.73 Å². The summed E-state index contributed by atoms with van der Waals surface area (Å²) in [6, 6.07) is 0.438. The lowest BCUT2D eigenvalue weighted by Gasteiger charge is -2.26. The number of amides is 1. The summed E-state index contributed by atoms with van der Waals surface area (Å²) in [4.78, 5) is 14.3. The lowest BCUT2D eigenvalue weighted by Crippen LogP contribution is -2.42. The number of halogens is 1. The molecule has 2 N–H and O–H groups in total. The highest BCUT2D eigenvalue weighted by Crippen LogP contribution is 2.26. The van der Waals surface area contributed by atoms with E-state index in [1.165, 1.54) is 0 Å². The smallest absolute Gasteiger partial charge is 0.251 e. The van der Waals surface area contributed by atoms with Gasteiger partial charge in [-0.15, -0.1) is 12.4 Å². The van der Waals surface area contributed by atoms with Crippen molar-refractivity contribution in [1.29, 1.82) is 0 Å². The minimum absolute atomic E-state index is 0. The van der Waals surface area contributed by atoms with E-state index in [4.69, 9.17) is 10.5 Å². The molecule has 0 aromatic rings. The molecule has 0 aromatic carbocycles. The van der Waals surface area contributed by atoms with Gasteiger partial charge in [0.05, 0.1) is 6.10 Å². The average molecular weight is 263 g/mol. The number of hydrogen-bond acceptors (Lipinski definition) is 3. The largest absolute Gasteiger partial charge is 0.364 e. The molecule has 2 rings (SSSR count). The van der Waals surface area contributed by atoms with Gasteiger partial charge in [-0.05, 0) is 32.1 Å². The van der Waals surface area contributed by atoms with Crippen molar-refractivity contribution in [2.45, 2.75) is 57.3 Å². The average Bonchev–Trinajstić information content (AvgIpc) is 2.96. The van der Waals surface area contributed by atoms with Gasteiger partial charge in [-0.1, -0.05) is 6.92 Å². The van der Waals surface area contributed by atoms with Crippen LogP contribution in [0, 0.1) is 0 Å². The van der Waals surface area contributed by atoms with Gasteiger partial charge in [0.25, 0.3) is 5.91 Å². The first-order valence-corrected chi connectivity index (χ1v) is 6.42.